The number of thioether (sulfide) groups is 1. The molecular formula is C15H20N2OS. The second kappa shape index (κ2) is 5.97. The minimum absolute atomic E-state index is 0.0214. The average molecular weight is 276 g/mol. The van der Waals surface area contributed by atoms with Gasteiger partial charge in [0.15, 0.2) is 0 Å². The van der Waals surface area contributed by atoms with Crippen LogP contribution in [0.4, 0.5) is 0 Å². The number of rotatable bonds is 2. The van der Waals surface area contributed by atoms with Crippen molar-refractivity contribution in [2.45, 2.75) is 30.6 Å². The van der Waals surface area contributed by atoms with E-state index in [-0.39, 0.29) is 11.2 Å². The molecule has 0 bridgehead atoms. The predicted octanol–water partition coefficient (Wildman–Crippen LogP) is 1.89. The molecule has 2 aliphatic heterocycles. The van der Waals surface area contributed by atoms with E-state index in [9.17, 15) is 4.79 Å². The van der Waals surface area contributed by atoms with Gasteiger partial charge in [0.2, 0.25) is 5.91 Å². The normalized spacial score (nSPS) is 26.5. The zero-order valence-electron chi connectivity index (χ0n) is 11.0. The fourth-order valence-electron chi connectivity index (χ4n) is 2.86. The highest BCUT2D eigenvalue weighted by Gasteiger charge is 2.28. The number of piperidine rings is 1. The SMILES string of the molecule is O=C(N[C@H]1CCCNC1)C1SCCc2ccccc21. The monoisotopic (exact) mass is 276 g/mol. The Balaban J connectivity index is 1.70. The summed E-state index contributed by atoms with van der Waals surface area (Å²) in [6.07, 6.45) is 3.33. The molecule has 0 aromatic heterocycles. The van der Waals surface area contributed by atoms with Crippen LogP contribution in [0.3, 0.4) is 0 Å². The van der Waals surface area contributed by atoms with Gasteiger partial charge in [-0.3, -0.25) is 4.79 Å². The minimum atomic E-state index is -0.0214. The van der Waals surface area contributed by atoms with Crippen molar-refractivity contribution in [2.75, 3.05) is 18.8 Å². The minimum Gasteiger partial charge on any atom is -0.351 e. The van der Waals surface area contributed by atoms with E-state index in [4.69, 9.17) is 0 Å². The Kier molecular flexibility index (Phi) is 4.09. The maximum atomic E-state index is 12.5. The van der Waals surface area contributed by atoms with Crippen LogP contribution in [0.1, 0.15) is 29.2 Å². The van der Waals surface area contributed by atoms with Crippen LogP contribution in [-0.4, -0.2) is 30.8 Å². The molecule has 19 heavy (non-hydrogen) atoms. The van der Waals surface area contributed by atoms with Gasteiger partial charge in [-0.25, -0.2) is 0 Å². The van der Waals surface area contributed by atoms with E-state index in [1.807, 2.05) is 6.07 Å². The van der Waals surface area contributed by atoms with Gasteiger partial charge in [0.25, 0.3) is 0 Å². The van der Waals surface area contributed by atoms with Crippen LogP contribution in [0.15, 0.2) is 24.3 Å². The van der Waals surface area contributed by atoms with Crippen LogP contribution in [0, 0.1) is 0 Å². The number of aryl methyl sites for hydroxylation is 1. The van der Waals surface area contributed by atoms with Crippen LogP contribution in [0.2, 0.25) is 0 Å². The molecule has 1 aromatic rings. The van der Waals surface area contributed by atoms with Crippen molar-refractivity contribution in [1.82, 2.24) is 10.6 Å². The van der Waals surface area contributed by atoms with Crippen LogP contribution in [0.5, 0.6) is 0 Å². The van der Waals surface area contributed by atoms with Gasteiger partial charge in [-0.05, 0) is 42.7 Å². The molecule has 1 aromatic carbocycles. The lowest BCUT2D eigenvalue weighted by Gasteiger charge is -2.28. The third kappa shape index (κ3) is 2.95. The van der Waals surface area contributed by atoms with E-state index in [0.717, 1.165) is 38.1 Å². The molecular weight excluding hydrogens is 256 g/mol. The molecule has 2 heterocycles. The molecule has 0 radical (unpaired) electrons. The molecule has 0 saturated carbocycles. The van der Waals surface area contributed by atoms with Gasteiger partial charge in [-0.15, -0.1) is 11.8 Å². The number of carbonyl (C=O) groups is 1. The van der Waals surface area contributed by atoms with E-state index < -0.39 is 0 Å². The summed E-state index contributed by atoms with van der Waals surface area (Å²) in [5.41, 5.74) is 2.54. The highest BCUT2D eigenvalue weighted by Crippen LogP contribution is 2.36. The van der Waals surface area contributed by atoms with Crippen molar-refractivity contribution in [2.24, 2.45) is 0 Å². The fraction of sp³-hybridized carbons (Fsp3) is 0.533. The summed E-state index contributed by atoms with van der Waals surface area (Å²) in [5, 5.41) is 6.53. The summed E-state index contributed by atoms with van der Waals surface area (Å²) in [4.78, 5) is 12.5. The zero-order chi connectivity index (χ0) is 13.1. The van der Waals surface area contributed by atoms with Gasteiger partial charge in [0, 0.05) is 12.6 Å². The second-order valence-electron chi connectivity index (χ2n) is 5.25. The largest absolute Gasteiger partial charge is 0.351 e. The predicted molar refractivity (Wildman–Crippen MR) is 79.4 cm³/mol. The van der Waals surface area contributed by atoms with Gasteiger partial charge < -0.3 is 10.6 Å². The molecule has 2 N–H and O–H groups in total. The highest BCUT2D eigenvalue weighted by molar-refractivity contribution is 8.00. The lowest BCUT2D eigenvalue weighted by Crippen LogP contribution is -2.47. The van der Waals surface area contributed by atoms with E-state index in [1.165, 1.54) is 11.1 Å². The Bertz CT molecular complexity index is 457. The summed E-state index contributed by atoms with van der Waals surface area (Å²) in [5.74, 6) is 1.23. The second-order valence-corrected chi connectivity index (χ2v) is 6.46. The Morgan fingerprint density at radius 3 is 3.11 bits per heavy atom. The van der Waals surface area contributed by atoms with Gasteiger partial charge >= 0.3 is 0 Å². The highest BCUT2D eigenvalue weighted by atomic mass is 32.2. The van der Waals surface area contributed by atoms with Crippen molar-refractivity contribution in [1.29, 1.82) is 0 Å². The van der Waals surface area contributed by atoms with Crippen LogP contribution in [0.25, 0.3) is 0 Å². The molecule has 1 saturated heterocycles. The quantitative estimate of drug-likeness (QED) is 0.866. The fourth-order valence-corrected chi connectivity index (χ4v) is 4.07. The Morgan fingerprint density at radius 2 is 2.26 bits per heavy atom. The lowest BCUT2D eigenvalue weighted by atomic mass is 10.0. The van der Waals surface area contributed by atoms with Crippen molar-refractivity contribution in [3.8, 4) is 0 Å². The number of amides is 1. The van der Waals surface area contributed by atoms with Crippen molar-refractivity contribution in [3.05, 3.63) is 35.4 Å². The zero-order valence-corrected chi connectivity index (χ0v) is 11.8. The summed E-state index contributed by atoms with van der Waals surface area (Å²) >= 11 is 1.77. The molecule has 1 unspecified atom stereocenters. The Hall–Kier alpha value is -1.00. The summed E-state index contributed by atoms with van der Waals surface area (Å²) in [7, 11) is 0. The van der Waals surface area contributed by atoms with Crippen LogP contribution >= 0.6 is 11.8 Å². The summed E-state index contributed by atoms with van der Waals surface area (Å²) in [6, 6.07) is 8.65. The third-order valence-corrected chi connectivity index (χ3v) is 5.12. The van der Waals surface area contributed by atoms with E-state index in [1.54, 1.807) is 11.8 Å². The number of fused-ring (bicyclic) bond motifs is 1. The first-order valence-electron chi connectivity index (χ1n) is 7.05. The topological polar surface area (TPSA) is 41.1 Å². The number of benzene rings is 1. The first-order chi connectivity index (χ1) is 9.34. The van der Waals surface area contributed by atoms with Gasteiger partial charge in [0.05, 0.1) is 0 Å². The van der Waals surface area contributed by atoms with Gasteiger partial charge in [-0.1, -0.05) is 24.3 Å². The molecule has 2 aliphatic rings. The molecule has 0 aliphatic carbocycles. The summed E-state index contributed by atoms with van der Waals surface area (Å²) < 4.78 is 0. The first kappa shape index (κ1) is 13.0. The molecule has 3 rings (SSSR count). The molecule has 0 spiro atoms. The molecule has 1 amide bonds. The Labute approximate surface area is 118 Å². The number of carbonyl (C=O) groups excluding carboxylic acids is 1. The smallest absolute Gasteiger partial charge is 0.237 e. The van der Waals surface area contributed by atoms with Crippen molar-refractivity contribution < 1.29 is 4.79 Å². The lowest BCUT2D eigenvalue weighted by molar-refractivity contribution is -0.121. The van der Waals surface area contributed by atoms with E-state index in [0.29, 0.717) is 6.04 Å². The van der Waals surface area contributed by atoms with Gasteiger partial charge in [0.1, 0.15) is 5.25 Å². The molecule has 4 heteroatoms. The molecule has 3 nitrogen and oxygen atoms in total. The maximum absolute atomic E-state index is 12.5. The first-order valence-corrected chi connectivity index (χ1v) is 8.10. The maximum Gasteiger partial charge on any atom is 0.237 e. The van der Waals surface area contributed by atoms with E-state index in [2.05, 4.69) is 28.8 Å². The van der Waals surface area contributed by atoms with Gasteiger partial charge in [-0.2, -0.15) is 0 Å². The van der Waals surface area contributed by atoms with Crippen molar-refractivity contribution in [3.63, 3.8) is 0 Å². The van der Waals surface area contributed by atoms with Crippen LogP contribution in [-0.2, 0) is 11.2 Å². The van der Waals surface area contributed by atoms with Crippen LogP contribution < -0.4 is 10.6 Å². The van der Waals surface area contributed by atoms with Crippen molar-refractivity contribution >= 4 is 17.7 Å². The Morgan fingerprint density at radius 1 is 1.37 bits per heavy atom. The molecule has 1 fully saturated rings. The standard InChI is InChI=1S/C15H20N2OS/c18-15(17-12-5-3-8-16-10-12)14-13-6-2-1-4-11(13)7-9-19-14/h1-2,4,6,12,14,16H,3,5,7-10H2,(H,17,18)/t12-,14?/m0/s1. The van der Waals surface area contributed by atoms with E-state index >= 15 is 0 Å². The summed E-state index contributed by atoms with van der Waals surface area (Å²) in [6.45, 7) is 1.98. The number of hydrogen-bond acceptors (Lipinski definition) is 3. The molecule has 2 atom stereocenters. The molecule has 102 valence electrons. The number of hydrogen-bond donors (Lipinski definition) is 2. The number of nitrogens with one attached hydrogen (secondary N) is 2. The average Bonchev–Trinajstić information content (AvgIpc) is 2.47. The third-order valence-electron chi connectivity index (χ3n) is 3.87.